The largest absolute Gasteiger partial charge is 0.465 e. The van der Waals surface area contributed by atoms with Crippen molar-refractivity contribution in [3.63, 3.8) is 0 Å². The molecule has 0 N–H and O–H groups in total. The molecule has 23 heavy (non-hydrogen) atoms. The van der Waals surface area contributed by atoms with Crippen molar-refractivity contribution in [1.29, 1.82) is 0 Å². The van der Waals surface area contributed by atoms with Crippen molar-refractivity contribution < 1.29 is 28.8 Å². The van der Waals surface area contributed by atoms with Crippen molar-refractivity contribution in [3.05, 3.63) is 41.1 Å². The SMILES string of the molecule is CCOC(=O)C1=[N+]([O-])OC(C(=O)OCC)C1Cc1ccccc1. The molecule has 0 amide bonds. The molecule has 0 fully saturated rings. The summed E-state index contributed by atoms with van der Waals surface area (Å²) in [5, 5.41) is 12.0. The van der Waals surface area contributed by atoms with Gasteiger partial charge < -0.3 is 14.3 Å². The molecule has 1 aliphatic rings. The van der Waals surface area contributed by atoms with Crippen molar-refractivity contribution in [1.82, 2.24) is 0 Å². The van der Waals surface area contributed by atoms with E-state index in [1.807, 2.05) is 30.3 Å². The predicted octanol–water partition coefficient (Wildman–Crippen LogP) is 1.24. The van der Waals surface area contributed by atoms with Crippen LogP contribution in [0.4, 0.5) is 0 Å². The van der Waals surface area contributed by atoms with Crippen LogP contribution in [0.1, 0.15) is 19.4 Å². The standard InChI is InChI=1S/C16H19NO6/c1-3-21-15(18)13-12(10-11-8-6-5-7-9-11)14(23-17(13)20)16(19)22-4-2/h5-9,12,14H,3-4,10H2,1-2H3. The Morgan fingerprint density at radius 2 is 1.83 bits per heavy atom. The van der Waals surface area contributed by atoms with Crippen LogP contribution < -0.4 is 0 Å². The molecule has 0 spiro atoms. The van der Waals surface area contributed by atoms with Gasteiger partial charge in [-0.3, -0.25) is 10.0 Å². The van der Waals surface area contributed by atoms with E-state index in [1.165, 1.54) is 0 Å². The van der Waals surface area contributed by atoms with E-state index < -0.39 is 24.0 Å². The first-order valence-electron chi connectivity index (χ1n) is 7.47. The highest BCUT2D eigenvalue weighted by atomic mass is 16.9. The molecule has 1 aliphatic heterocycles. The molecule has 0 aromatic heterocycles. The predicted molar refractivity (Wildman–Crippen MR) is 80.4 cm³/mol. The summed E-state index contributed by atoms with van der Waals surface area (Å²) in [5.74, 6) is -2.21. The van der Waals surface area contributed by atoms with Gasteiger partial charge in [0.2, 0.25) is 0 Å². The molecule has 7 nitrogen and oxygen atoms in total. The normalized spacial score (nSPS) is 20.1. The molecule has 2 atom stereocenters. The summed E-state index contributed by atoms with van der Waals surface area (Å²) in [6.45, 7) is 3.57. The maximum Gasteiger partial charge on any atom is 0.405 e. The lowest BCUT2D eigenvalue weighted by Gasteiger charge is -2.17. The van der Waals surface area contributed by atoms with Gasteiger partial charge in [-0.05, 0) is 25.8 Å². The third-order valence-corrected chi connectivity index (χ3v) is 3.42. The van der Waals surface area contributed by atoms with E-state index in [9.17, 15) is 14.8 Å². The molecular weight excluding hydrogens is 302 g/mol. The third kappa shape index (κ3) is 3.80. The summed E-state index contributed by atoms with van der Waals surface area (Å²) in [5.41, 5.74) is 0.654. The second-order valence-electron chi connectivity index (χ2n) is 4.94. The Morgan fingerprint density at radius 1 is 1.17 bits per heavy atom. The molecule has 0 saturated carbocycles. The Labute approximate surface area is 134 Å². The van der Waals surface area contributed by atoms with Gasteiger partial charge in [0.1, 0.15) is 0 Å². The Hall–Kier alpha value is -2.57. The van der Waals surface area contributed by atoms with Gasteiger partial charge in [0, 0.05) is 0 Å². The van der Waals surface area contributed by atoms with Crippen LogP contribution in [0.2, 0.25) is 0 Å². The average Bonchev–Trinajstić information content (AvgIpc) is 2.85. The first-order chi connectivity index (χ1) is 11.1. The topological polar surface area (TPSA) is 87.9 Å². The first-order valence-corrected chi connectivity index (χ1v) is 7.47. The highest BCUT2D eigenvalue weighted by Gasteiger charge is 2.49. The van der Waals surface area contributed by atoms with E-state index in [4.69, 9.17) is 14.3 Å². The zero-order valence-electron chi connectivity index (χ0n) is 13.1. The van der Waals surface area contributed by atoms with Gasteiger partial charge in [-0.15, -0.1) is 0 Å². The molecular formula is C16H19NO6. The third-order valence-electron chi connectivity index (χ3n) is 3.42. The molecule has 1 heterocycles. The molecule has 2 rings (SSSR count). The fourth-order valence-electron chi connectivity index (χ4n) is 2.45. The number of carbonyl (C=O) groups excluding carboxylic acids is 2. The van der Waals surface area contributed by atoms with Gasteiger partial charge >= 0.3 is 17.7 Å². The minimum atomic E-state index is -1.16. The maximum atomic E-state index is 12.0. The highest BCUT2D eigenvalue weighted by molar-refractivity contribution is 6.35. The van der Waals surface area contributed by atoms with Crippen molar-refractivity contribution in [2.45, 2.75) is 26.4 Å². The summed E-state index contributed by atoms with van der Waals surface area (Å²) < 4.78 is 9.84. The van der Waals surface area contributed by atoms with Crippen LogP contribution in [0.3, 0.4) is 0 Å². The first kappa shape index (κ1) is 16.8. The second-order valence-corrected chi connectivity index (χ2v) is 4.94. The zero-order chi connectivity index (χ0) is 16.8. The lowest BCUT2D eigenvalue weighted by Crippen LogP contribution is -2.37. The maximum absolute atomic E-state index is 12.0. The van der Waals surface area contributed by atoms with Gasteiger partial charge in [-0.25, -0.2) is 4.79 Å². The van der Waals surface area contributed by atoms with Gasteiger partial charge in [0.05, 0.1) is 24.0 Å². The summed E-state index contributed by atoms with van der Waals surface area (Å²) in [7, 11) is 0. The molecule has 0 aliphatic carbocycles. The molecule has 1 aromatic carbocycles. The molecule has 124 valence electrons. The molecule has 0 saturated heterocycles. The van der Waals surface area contributed by atoms with Crippen LogP contribution >= 0.6 is 0 Å². The second kappa shape index (κ2) is 7.62. The number of hydrogen-bond acceptors (Lipinski definition) is 6. The minimum Gasteiger partial charge on any atom is -0.465 e. The van der Waals surface area contributed by atoms with Crippen LogP contribution in [0.25, 0.3) is 0 Å². The summed E-state index contributed by atoms with van der Waals surface area (Å²) in [6.07, 6.45) is -0.871. The van der Waals surface area contributed by atoms with Crippen LogP contribution in [0.15, 0.2) is 30.3 Å². The Morgan fingerprint density at radius 3 is 2.43 bits per heavy atom. The monoisotopic (exact) mass is 321 g/mol. The number of ether oxygens (including phenoxy) is 2. The van der Waals surface area contributed by atoms with E-state index in [1.54, 1.807) is 13.8 Å². The minimum absolute atomic E-state index is 0.0766. The summed E-state index contributed by atoms with van der Waals surface area (Å²) in [4.78, 5) is 29.2. The Kier molecular flexibility index (Phi) is 5.56. The van der Waals surface area contributed by atoms with Gasteiger partial charge in [-0.1, -0.05) is 30.3 Å². The number of hydrogen-bond donors (Lipinski definition) is 0. The lowest BCUT2D eigenvalue weighted by molar-refractivity contribution is -0.737. The van der Waals surface area contributed by atoms with E-state index in [0.29, 0.717) is 0 Å². The van der Waals surface area contributed by atoms with Gasteiger partial charge in [0.25, 0.3) is 0 Å². The van der Waals surface area contributed by atoms with E-state index >= 15 is 0 Å². The van der Waals surface area contributed by atoms with Crippen LogP contribution in [-0.2, 0) is 30.3 Å². The van der Waals surface area contributed by atoms with Crippen molar-refractivity contribution in [2.24, 2.45) is 5.92 Å². The molecule has 2 unspecified atom stereocenters. The number of nitrogens with zero attached hydrogens (tertiary/aromatic N) is 1. The van der Waals surface area contributed by atoms with Crippen LogP contribution in [0, 0.1) is 11.1 Å². The Balaban J connectivity index is 2.29. The smallest absolute Gasteiger partial charge is 0.405 e. The van der Waals surface area contributed by atoms with Gasteiger partial charge in [-0.2, -0.15) is 0 Å². The number of carbonyl (C=O) groups is 2. The van der Waals surface area contributed by atoms with Crippen LogP contribution in [0.5, 0.6) is 0 Å². The van der Waals surface area contributed by atoms with Crippen LogP contribution in [-0.4, -0.2) is 41.9 Å². The number of rotatable bonds is 6. The van der Waals surface area contributed by atoms with Crippen molar-refractivity contribution in [2.75, 3.05) is 13.2 Å². The van der Waals surface area contributed by atoms with E-state index in [-0.39, 0.29) is 30.2 Å². The quantitative estimate of drug-likeness (QED) is 0.578. The fourth-order valence-corrected chi connectivity index (χ4v) is 2.45. The lowest BCUT2D eigenvalue weighted by atomic mass is 9.90. The molecule has 7 heteroatoms. The average molecular weight is 321 g/mol. The summed E-state index contributed by atoms with van der Waals surface area (Å²) in [6, 6.07) is 9.22. The molecule has 1 aromatic rings. The fraction of sp³-hybridized carbons (Fsp3) is 0.438. The van der Waals surface area contributed by atoms with Gasteiger partial charge in [0.15, 0.2) is 6.10 Å². The summed E-state index contributed by atoms with van der Waals surface area (Å²) >= 11 is 0. The highest BCUT2D eigenvalue weighted by Crippen LogP contribution is 2.24. The Bertz CT molecular complexity index is 598. The van der Waals surface area contributed by atoms with E-state index in [2.05, 4.69) is 0 Å². The molecule has 0 bridgehead atoms. The zero-order valence-corrected chi connectivity index (χ0v) is 13.1. The van der Waals surface area contributed by atoms with Crippen molar-refractivity contribution >= 4 is 17.7 Å². The van der Waals surface area contributed by atoms with E-state index in [0.717, 1.165) is 5.56 Å². The van der Waals surface area contributed by atoms with Crippen molar-refractivity contribution in [3.8, 4) is 0 Å². The number of esters is 2. The molecule has 0 radical (unpaired) electrons. The number of benzene rings is 1.